The zero-order chi connectivity index (χ0) is 20.7. The van der Waals surface area contributed by atoms with Crippen LogP contribution in [0.1, 0.15) is 31.1 Å². The monoisotopic (exact) mass is 388 g/mol. The van der Waals surface area contributed by atoms with Gasteiger partial charge < -0.3 is 24.7 Å². The molecule has 0 bridgehead atoms. The lowest BCUT2D eigenvalue weighted by molar-refractivity contribution is -0.605. The van der Waals surface area contributed by atoms with Gasteiger partial charge in [0.25, 0.3) is 5.91 Å². The van der Waals surface area contributed by atoms with Crippen LogP contribution in [0.2, 0.25) is 0 Å². The smallest absolute Gasteiger partial charge is 0.339 e. The summed E-state index contributed by atoms with van der Waals surface area (Å²) in [6.07, 6.45) is 2.22. The van der Waals surface area contributed by atoms with Crippen LogP contribution in [0, 0.1) is 5.21 Å². The van der Waals surface area contributed by atoms with Crippen LogP contribution in [0.4, 0.5) is 5.69 Å². The lowest BCUT2D eigenvalue weighted by Gasteiger charge is -2.11. The summed E-state index contributed by atoms with van der Waals surface area (Å²) in [6.45, 7) is -0.659. The summed E-state index contributed by atoms with van der Waals surface area (Å²) in [6, 6.07) is 6.35. The van der Waals surface area contributed by atoms with Gasteiger partial charge in [-0.25, -0.2) is 14.4 Å². The zero-order valence-electron chi connectivity index (χ0n) is 15.0. The van der Waals surface area contributed by atoms with Crippen molar-refractivity contribution in [2.45, 2.75) is 0 Å². The van der Waals surface area contributed by atoms with Gasteiger partial charge in [-0.2, -0.15) is 4.73 Å². The highest BCUT2D eigenvalue weighted by Crippen LogP contribution is 2.20. The van der Waals surface area contributed by atoms with Crippen molar-refractivity contribution < 1.29 is 38.1 Å². The molecule has 0 spiro atoms. The zero-order valence-corrected chi connectivity index (χ0v) is 15.0. The number of anilines is 1. The number of hydrogen-bond acceptors (Lipinski definition) is 8. The first-order valence-corrected chi connectivity index (χ1v) is 7.82. The number of esters is 3. The van der Waals surface area contributed by atoms with Gasteiger partial charge in [-0.1, -0.05) is 0 Å². The fourth-order valence-corrected chi connectivity index (χ4v) is 2.13. The molecule has 0 fully saturated rings. The van der Waals surface area contributed by atoms with Crippen molar-refractivity contribution >= 4 is 29.5 Å². The number of ether oxygens (including phenoxy) is 3. The van der Waals surface area contributed by atoms with Crippen LogP contribution in [-0.2, 0) is 19.0 Å². The molecule has 0 radical (unpaired) electrons. The number of methoxy groups -OCH3 is 2. The van der Waals surface area contributed by atoms with Crippen LogP contribution < -0.4 is 10.0 Å². The third-order valence-electron chi connectivity index (χ3n) is 3.49. The van der Waals surface area contributed by atoms with Crippen molar-refractivity contribution in [3.05, 3.63) is 64.6 Å². The Balaban J connectivity index is 2.10. The lowest BCUT2D eigenvalue weighted by atomic mass is 10.1. The number of aromatic nitrogens is 1. The maximum atomic E-state index is 12.1. The van der Waals surface area contributed by atoms with Gasteiger partial charge in [-0.15, -0.1) is 0 Å². The second-order valence-corrected chi connectivity index (χ2v) is 5.31. The van der Waals surface area contributed by atoms with E-state index in [0.717, 1.165) is 19.5 Å². The molecule has 1 aromatic carbocycles. The fraction of sp³-hybridized carbons (Fsp3) is 0.167. The first-order valence-electron chi connectivity index (χ1n) is 7.82. The molecule has 1 amide bonds. The van der Waals surface area contributed by atoms with E-state index in [1.165, 1.54) is 37.4 Å². The van der Waals surface area contributed by atoms with E-state index in [1.54, 1.807) is 0 Å². The first-order chi connectivity index (χ1) is 13.3. The van der Waals surface area contributed by atoms with E-state index < -0.39 is 30.4 Å². The van der Waals surface area contributed by atoms with Crippen molar-refractivity contribution in [1.82, 2.24) is 0 Å². The SMILES string of the molecule is COC(=O)c1ccc(C(=O)OC)c(NC(=O)COC(=O)c2cc[n+]([O-])cc2)c1. The standard InChI is InChI=1S/C18H16N2O8/c1-26-16(22)12-3-4-13(18(24)27-2)14(9-12)19-15(21)10-28-17(23)11-5-7-20(25)8-6-11/h3-9H,10H2,1-2H3,(H,19,21). The number of hydrogen-bond donors (Lipinski definition) is 1. The molecule has 2 rings (SSSR count). The van der Waals surface area contributed by atoms with Crippen LogP contribution in [0.3, 0.4) is 0 Å². The molecule has 1 N–H and O–H groups in total. The normalized spacial score (nSPS) is 9.93. The molecule has 10 nitrogen and oxygen atoms in total. The molecule has 0 aliphatic heterocycles. The Bertz CT molecular complexity index is 908. The average molecular weight is 388 g/mol. The molecular weight excluding hydrogens is 372 g/mol. The van der Waals surface area contributed by atoms with Crippen molar-refractivity contribution in [3.8, 4) is 0 Å². The summed E-state index contributed by atoms with van der Waals surface area (Å²) in [4.78, 5) is 47.5. The maximum Gasteiger partial charge on any atom is 0.339 e. The van der Waals surface area contributed by atoms with E-state index >= 15 is 0 Å². The Kier molecular flexibility index (Phi) is 6.63. The summed E-state index contributed by atoms with van der Waals surface area (Å²) < 4.78 is 14.6. The van der Waals surface area contributed by atoms with Gasteiger partial charge in [-0.05, 0) is 18.2 Å². The number of nitrogens with one attached hydrogen (secondary N) is 1. The second-order valence-electron chi connectivity index (χ2n) is 5.31. The highest BCUT2D eigenvalue weighted by molar-refractivity contribution is 6.04. The molecule has 10 heteroatoms. The topological polar surface area (TPSA) is 135 Å². The number of carbonyl (C=O) groups is 4. The number of pyridine rings is 1. The Morgan fingerprint density at radius 1 is 0.929 bits per heavy atom. The number of nitrogens with zero attached hydrogens (tertiary/aromatic N) is 1. The highest BCUT2D eigenvalue weighted by atomic mass is 16.5. The Morgan fingerprint density at radius 2 is 1.57 bits per heavy atom. The quantitative estimate of drug-likeness (QED) is 0.330. The number of carbonyl (C=O) groups excluding carboxylic acids is 4. The molecule has 1 aromatic heterocycles. The van der Waals surface area contributed by atoms with Gasteiger partial charge in [0.05, 0.1) is 36.6 Å². The summed E-state index contributed by atoms with van der Waals surface area (Å²) >= 11 is 0. The lowest BCUT2D eigenvalue weighted by Crippen LogP contribution is -2.25. The predicted molar refractivity (Wildman–Crippen MR) is 93.4 cm³/mol. The third kappa shape index (κ3) is 5.04. The highest BCUT2D eigenvalue weighted by Gasteiger charge is 2.18. The second kappa shape index (κ2) is 9.12. The predicted octanol–water partition coefficient (Wildman–Crippen LogP) is 0.689. The van der Waals surface area contributed by atoms with Gasteiger partial charge in [0.2, 0.25) is 0 Å². The Labute approximate surface area is 159 Å². The number of amides is 1. The van der Waals surface area contributed by atoms with E-state index in [9.17, 15) is 24.4 Å². The van der Waals surface area contributed by atoms with Crippen molar-refractivity contribution in [2.75, 3.05) is 26.1 Å². The van der Waals surface area contributed by atoms with Crippen molar-refractivity contribution in [1.29, 1.82) is 0 Å². The summed E-state index contributed by atoms with van der Waals surface area (Å²) in [5.41, 5.74) is 0.168. The molecule has 0 aliphatic rings. The van der Waals surface area contributed by atoms with Crippen LogP contribution >= 0.6 is 0 Å². The molecule has 2 aromatic rings. The molecule has 0 aliphatic carbocycles. The minimum absolute atomic E-state index is 0.00195. The molecule has 28 heavy (non-hydrogen) atoms. The number of benzene rings is 1. The van der Waals surface area contributed by atoms with Crippen LogP contribution in [-0.4, -0.2) is 44.6 Å². The maximum absolute atomic E-state index is 12.1. The van der Waals surface area contributed by atoms with Gasteiger partial charge >= 0.3 is 17.9 Å². The van der Waals surface area contributed by atoms with Gasteiger partial charge in [-0.3, -0.25) is 4.79 Å². The van der Waals surface area contributed by atoms with E-state index in [-0.39, 0.29) is 22.4 Å². The van der Waals surface area contributed by atoms with Crippen LogP contribution in [0.25, 0.3) is 0 Å². The molecule has 146 valence electrons. The summed E-state index contributed by atoms with van der Waals surface area (Å²) in [7, 11) is 2.35. The molecule has 1 heterocycles. The number of rotatable bonds is 6. The van der Waals surface area contributed by atoms with Crippen LogP contribution in [0.5, 0.6) is 0 Å². The molecule has 0 saturated heterocycles. The van der Waals surface area contributed by atoms with E-state index in [0.29, 0.717) is 4.73 Å². The van der Waals surface area contributed by atoms with Gasteiger partial charge in [0.15, 0.2) is 19.0 Å². The van der Waals surface area contributed by atoms with Gasteiger partial charge in [0.1, 0.15) is 0 Å². The van der Waals surface area contributed by atoms with E-state index in [1.807, 2.05) is 0 Å². The third-order valence-corrected chi connectivity index (χ3v) is 3.49. The van der Waals surface area contributed by atoms with Crippen molar-refractivity contribution in [3.63, 3.8) is 0 Å². The molecular formula is C18H16N2O8. The van der Waals surface area contributed by atoms with Crippen molar-refractivity contribution in [2.24, 2.45) is 0 Å². The average Bonchev–Trinajstić information content (AvgIpc) is 2.71. The van der Waals surface area contributed by atoms with E-state index in [2.05, 4.69) is 14.8 Å². The molecule has 0 saturated carbocycles. The minimum atomic E-state index is -0.813. The molecule has 0 unspecified atom stereocenters. The minimum Gasteiger partial charge on any atom is -0.619 e. The first kappa shape index (κ1) is 20.4. The van der Waals surface area contributed by atoms with E-state index in [4.69, 9.17) is 4.74 Å². The van der Waals surface area contributed by atoms with Gasteiger partial charge in [0, 0.05) is 12.1 Å². The molecule has 0 atom stereocenters. The fourth-order valence-electron chi connectivity index (χ4n) is 2.13. The summed E-state index contributed by atoms with van der Waals surface area (Å²) in [5, 5.41) is 13.3. The summed E-state index contributed by atoms with van der Waals surface area (Å²) in [5.74, 6) is -2.97. The van der Waals surface area contributed by atoms with Crippen LogP contribution in [0.15, 0.2) is 42.7 Å². The Hall–Kier alpha value is -3.95. The largest absolute Gasteiger partial charge is 0.619 e. The Morgan fingerprint density at radius 3 is 2.18 bits per heavy atom.